The van der Waals surface area contributed by atoms with Crippen molar-refractivity contribution in [3.05, 3.63) is 53.7 Å². The number of hydrogen-bond acceptors (Lipinski definition) is 4. The van der Waals surface area contributed by atoms with E-state index < -0.39 is 0 Å². The molecule has 0 aliphatic heterocycles. The summed E-state index contributed by atoms with van der Waals surface area (Å²) in [5.41, 5.74) is 1.22. The molecule has 1 aromatic carbocycles. The molecule has 26 heavy (non-hydrogen) atoms. The number of ketones is 1. The monoisotopic (exact) mass is 354 g/mol. The van der Waals surface area contributed by atoms with Crippen LogP contribution in [0, 0.1) is 0 Å². The Labute approximate surface area is 157 Å². The Balaban J connectivity index is 2.10. The topological polar surface area (TPSA) is 51.2 Å². The standard InChI is InChI=1S/C22H30N2O2/c1-4-6-7-8-14-23-22-20(13-10-15-24-22)21(25)18-11-9-12-19(16-18)26-17(3)5-2/h9-13,15-17H,4-8,14H2,1-3H3,(H,23,24). The first-order valence-electron chi connectivity index (χ1n) is 9.66. The number of ether oxygens (including phenoxy) is 1. The van der Waals surface area contributed by atoms with Gasteiger partial charge in [0.1, 0.15) is 11.6 Å². The van der Waals surface area contributed by atoms with Gasteiger partial charge in [-0.1, -0.05) is 45.2 Å². The van der Waals surface area contributed by atoms with Crippen LogP contribution in [0.3, 0.4) is 0 Å². The van der Waals surface area contributed by atoms with Gasteiger partial charge in [0.15, 0.2) is 5.78 Å². The SMILES string of the molecule is CCCCCCNc1ncccc1C(=O)c1cccc(OC(C)CC)c1. The Morgan fingerprint density at radius 2 is 2.00 bits per heavy atom. The third kappa shape index (κ3) is 5.87. The highest BCUT2D eigenvalue weighted by molar-refractivity contribution is 6.12. The number of pyridine rings is 1. The Morgan fingerprint density at radius 3 is 2.77 bits per heavy atom. The second-order valence-corrected chi connectivity index (χ2v) is 6.58. The molecule has 0 aliphatic carbocycles. The molecule has 2 aromatic rings. The molecule has 0 saturated heterocycles. The molecule has 0 fully saturated rings. The van der Waals surface area contributed by atoms with Gasteiger partial charge < -0.3 is 10.1 Å². The maximum Gasteiger partial charge on any atom is 0.196 e. The third-order valence-electron chi connectivity index (χ3n) is 4.38. The van der Waals surface area contributed by atoms with E-state index >= 15 is 0 Å². The van der Waals surface area contributed by atoms with Crippen molar-refractivity contribution in [3.8, 4) is 5.75 Å². The molecule has 1 atom stereocenters. The first kappa shape index (κ1) is 20.0. The lowest BCUT2D eigenvalue weighted by Crippen LogP contribution is -2.12. The van der Waals surface area contributed by atoms with Crippen molar-refractivity contribution in [1.82, 2.24) is 4.98 Å². The average Bonchev–Trinajstić information content (AvgIpc) is 2.67. The molecule has 1 aromatic heterocycles. The smallest absolute Gasteiger partial charge is 0.196 e. The van der Waals surface area contributed by atoms with Crippen LogP contribution < -0.4 is 10.1 Å². The fourth-order valence-corrected chi connectivity index (χ4v) is 2.67. The quantitative estimate of drug-likeness (QED) is 0.429. The van der Waals surface area contributed by atoms with Gasteiger partial charge in [0.2, 0.25) is 0 Å². The first-order valence-corrected chi connectivity index (χ1v) is 9.66. The van der Waals surface area contributed by atoms with E-state index in [1.807, 2.05) is 37.3 Å². The number of hydrogen-bond donors (Lipinski definition) is 1. The summed E-state index contributed by atoms with van der Waals surface area (Å²) in [5.74, 6) is 1.34. The Bertz CT molecular complexity index is 700. The number of rotatable bonds is 11. The highest BCUT2D eigenvalue weighted by Crippen LogP contribution is 2.21. The van der Waals surface area contributed by atoms with E-state index in [-0.39, 0.29) is 11.9 Å². The number of nitrogens with zero attached hydrogens (tertiary/aromatic N) is 1. The summed E-state index contributed by atoms with van der Waals surface area (Å²) in [4.78, 5) is 17.3. The van der Waals surface area contributed by atoms with Crippen molar-refractivity contribution in [2.75, 3.05) is 11.9 Å². The minimum Gasteiger partial charge on any atom is -0.491 e. The van der Waals surface area contributed by atoms with Crippen molar-refractivity contribution < 1.29 is 9.53 Å². The van der Waals surface area contributed by atoms with Crippen LogP contribution in [-0.4, -0.2) is 23.4 Å². The van der Waals surface area contributed by atoms with Gasteiger partial charge in [-0.3, -0.25) is 4.79 Å². The van der Waals surface area contributed by atoms with Crippen LogP contribution in [0.4, 0.5) is 5.82 Å². The van der Waals surface area contributed by atoms with E-state index in [0.29, 0.717) is 16.9 Å². The second-order valence-electron chi connectivity index (χ2n) is 6.58. The zero-order valence-electron chi connectivity index (χ0n) is 16.1. The molecule has 0 amide bonds. The summed E-state index contributed by atoms with van der Waals surface area (Å²) in [5, 5.41) is 3.32. The molecule has 1 unspecified atom stereocenters. The number of carbonyl (C=O) groups is 1. The fourth-order valence-electron chi connectivity index (χ4n) is 2.67. The van der Waals surface area contributed by atoms with Crippen LogP contribution in [0.5, 0.6) is 5.75 Å². The zero-order chi connectivity index (χ0) is 18.8. The fraction of sp³-hybridized carbons (Fsp3) is 0.455. The van der Waals surface area contributed by atoms with Gasteiger partial charge >= 0.3 is 0 Å². The summed E-state index contributed by atoms with van der Waals surface area (Å²) < 4.78 is 5.84. The van der Waals surface area contributed by atoms with Crippen molar-refractivity contribution in [2.24, 2.45) is 0 Å². The highest BCUT2D eigenvalue weighted by Gasteiger charge is 2.15. The number of anilines is 1. The number of aromatic nitrogens is 1. The number of carbonyl (C=O) groups excluding carboxylic acids is 1. The van der Waals surface area contributed by atoms with E-state index in [1.165, 1.54) is 19.3 Å². The molecule has 2 rings (SSSR count). The molecule has 4 heteroatoms. The number of benzene rings is 1. The van der Waals surface area contributed by atoms with Gasteiger partial charge in [-0.25, -0.2) is 4.98 Å². The van der Waals surface area contributed by atoms with Gasteiger partial charge in [-0.05, 0) is 44.0 Å². The van der Waals surface area contributed by atoms with E-state index in [9.17, 15) is 4.79 Å². The van der Waals surface area contributed by atoms with Crippen molar-refractivity contribution in [1.29, 1.82) is 0 Å². The summed E-state index contributed by atoms with van der Waals surface area (Å²) >= 11 is 0. The molecular formula is C22H30N2O2. The maximum atomic E-state index is 13.0. The van der Waals surface area contributed by atoms with Crippen molar-refractivity contribution >= 4 is 11.6 Å². The van der Waals surface area contributed by atoms with Gasteiger partial charge in [-0.2, -0.15) is 0 Å². The number of nitrogens with one attached hydrogen (secondary N) is 1. The average molecular weight is 354 g/mol. The van der Waals surface area contributed by atoms with Gasteiger partial charge in [-0.15, -0.1) is 0 Å². The zero-order valence-corrected chi connectivity index (χ0v) is 16.1. The number of unbranched alkanes of at least 4 members (excludes halogenated alkanes) is 3. The largest absolute Gasteiger partial charge is 0.491 e. The Hall–Kier alpha value is -2.36. The molecule has 4 nitrogen and oxygen atoms in total. The predicted octanol–water partition coefficient (Wildman–Crippen LogP) is 5.48. The lowest BCUT2D eigenvalue weighted by Gasteiger charge is -2.14. The van der Waals surface area contributed by atoms with Crippen molar-refractivity contribution in [2.45, 2.75) is 59.0 Å². The predicted molar refractivity (Wildman–Crippen MR) is 107 cm³/mol. The van der Waals surface area contributed by atoms with Gasteiger partial charge in [0, 0.05) is 18.3 Å². The molecule has 0 aliphatic rings. The lowest BCUT2D eigenvalue weighted by molar-refractivity contribution is 0.103. The molecule has 1 N–H and O–H groups in total. The van der Waals surface area contributed by atoms with E-state index in [0.717, 1.165) is 25.1 Å². The molecule has 0 saturated carbocycles. The summed E-state index contributed by atoms with van der Waals surface area (Å²) in [6.45, 7) is 7.13. The van der Waals surface area contributed by atoms with E-state index in [2.05, 4.69) is 24.1 Å². The molecule has 0 bridgehead atoms. The van der Waals surface area contributed by atoms with Crippen molar-refractivity contribution in [3.63, 3.8) is 0 Å². The minimum atomic E-state index is -0.0382. The summed E-state index contributed by atoms with van der Waals surface area (Å²) in [6.07, 6.45) is 7.48. The van der Waals surface area contributed by atoms with Crippen LogP contribution in [0.2, 0.25) is 0 Å². The van der Waals surface area contributed by atoms with Gasteiger partial charge in [0.25, 0.3) is 0 Å². The molecular weight excluding hydrogens is 324 g/mol. The normalized spacial score (nSPS) is 11.8. The Kier molecular flexibility index (Phi) is 8.13. The molecule has 0 radical (unpaired) electrons. The minimum absolute atomic E-state index is 0.0382. The first-order chi connectivity index (χ1) is 12.7. The van der Waals surface area contributed by atoms with Crippen LogP contribution in [0.15, 0.2) is 42.6 Å². The van der Waals surface area contributed by atoms with E-state index in [4.69, 9.17) is 4.74 Å². The Morgan fingerprint density at radius 1 is 1.15 bits per heavy atom. The summed E-state index contributed by atoms with van der Waals surface area (Å²) in [7, 11) is 0. The lowest BCUT2D eigenvalue weighted by atomic mass is 10.0. The van der Waals surface area contributed by atoms with Gasteiger partial charge in [0.05, 0.1) is 11.7 Å². The maximum absolute atomic E-state index is 13.0. The third-order valence-corrected chi connectivity index (χ3v) is 4.38. The molecule has 0 spiro atoms. The molecule has 140 valence electrons. The van der Waals surface area contributed by atoms with Crippen LogP contribution >= 0.6 is 0 Å². The van der Waals surface area contributed by atoms with Crippen LogP contribution in [0.25, 0.3) is 0 Å². The van der Waals surface area contributed by atoms with E-state index in [1.54, 1.807) is 12.3 Å². The van der Waals surface area contributed by atoms with Crippen LogP contribution in [-0.2, 0) is 0 Å². The summed E-state index contributed by atoms with van der Waals surface area (Å²) in [6, 6.07) is 11.0. The highest BCUT2D eigenvalue weighted by atomic mass is 16.5. The second kappa shape index (κ2) is 10.6. The van der Waals surface area contributed by atoms with Crippen LogP contribution in [0.1, 0.15) is 68.8 Å². The molecule has 1 heterocycles.